The molecule has 2 rings (SSSR count). The van der Waals surface area contributed by atoms with Crippen LogP contribution in [0.4, 0.5) is 0 Å². The van der Waals surface area contributed by atoms with Crippen LogP contribution < -0.4 is 0 Å². The van der Waals surface area contributed by atoms with E-state index in [1.54, 1.807) is 6.26 Å². The maximum Gasteiger partial charge on any atom is 0.318 e. The quantitative estimate of drug-likeness (QED) is 0.404. The topological polar surface area (TPSA) is 26.3 Å². The molecule has 2 heteroatoms. The molecule has 2 atom stereocenters. The highest BCUT2D eigenvalue weighted by molar-refractivity contribution is 5.79. The first kappa shape index (κ1) is 7.59. The first-order chi connectivity index (χ1) is 5.70. The summed E-state index contributed by atoms with van der Waals surface area (Å²) in [7, 11) is 0. The predicted molar refractivity (Wildman–Crippen MR) is 45.2 cm³/mol. The Labute approximate surface area is 71.9 Å². The number of esters is 1. The Kier molecular flexibility index (Phi) is 1.56. The van der Waals surface area contributed by atoms with Crippen LogP contribution in [0.2, 0.25) is 0 Å². The molecule has 0 unspecified atom stereocenters. The van der Waals surface area contributed by atoms with E-state index < -0.39 is 0 Å². The summed E-state index contributed by atoms with van der Waals surface area (Å²) in [5.74, 6) is 0.304. The van der Waals surface area contributed by atoms with Crippen LogP contribution in [0, 0.1) is 11.8 Å². The van der Waals surface area contributed by atoms with Gasteiger partial charge in [0.2, 0.25) is 0 Å². The molecule has 0 radical (unpaired) electrons. The first-order valence-electron chi connectivity index (χ1n) is 4.24. The van der Waals surface area contributed by atoms with E-state index in [4.69, 9.17) is 4.74 Å². The zero-order valence-corrected chi connectivity index (χ0v) is 7.33. The van der Waals surface area contributed by atoms with Crippen molar-refractivity contribution in [3.05, 3.63) is 23.5 Å². The highest BCUT2D eigenvalue weighted by atomic mass is 16.5. The molecule has 2 nitrogen and oxygen atoms in total. The molecule has 0 spiro atoms. The van der Waals surface area contributed by atoms with Gasteiger partial charge in [-0.2, -0.15) is 0 Å². The Morgan fingerprint density at radius 1 is 1.42 bits per heavy atom. The number of cyclic esters (lactones) is 1. The second-order valence-corrected chi connectivity index (χ2v) is 3.57. The molecule has 0 aromatic rings. The summed E-state index contributed by atoms with van der Waals surface area (Å²) in [6, 6.07) is 0. The molecule has 0 bridgehead atoms. The second kappa shape index (κ2) is 2.47. The van der Waals surface area contributed by atoms with Crippen molar-refractivity contribution in [2.75, 3.05) is 0 Å². The van der Waals surface area contributed by atoms with Gasteiger partial charge >= 0.3 is 5.97 Å². The van der Waals surface area contributed by atoms with E-state index in [-0.39, 0.29) is 11.9 Å². The number of fused-ring (bicyclic) bond motifs is 1. The van der Waals surface area contributed by atoms with E-state index in [2.05, 4.69) is 6.08 Å². The standard InChI is InChI=1S/C10H12O2/c1-6-3-4-8-7(2)5-12-10(11)9(6)8/h3,5,8-9H,4H2,1-2H3/t8-,9-/m0/s1. The van der Waals surface area contributed by atoms with Crippen LogP contribution >= 0.6 is 0 Å². The molecule has 2 aliphatic rings. The van der Waals surface area contributed by atoms with E-state index in [9.17, 15) is 4.79 Å². The molecule has 0 amide bonds. The molecule has 1 aliphatic carbocycles. The van der Waals surface area contributed by atoms with Crippen molar-refractivity contribution in [3.8, 4) is 0 Å². The van der Waals surface area contributed by atoms with Gasteiger partial charge in [-0.05, 0) is 25.8 Å². The van der Waals surface area contributed by atoms with Crippen molar-refractivity contribution >= 4 is 5.97 Å². The Morgan fingerprint density at radius 2 is 2.17 bits per heavy atom. The zero-order valence-electron chi connectivity index (χ0n) is 7.33. The minimum atomic E-state index is -0.0862. The summed E-state index contributed by atoms with van der Waals surface area (Å²) in [5.41, 5.74) is 2.35. The van der Waals surface area contributed by atoms with Gasteiger partial charge in [-0.25, -0.2) is 0 Å². The Bertz CT molecular complexity index is 286. The second-order valence-electron chi connectivity index (χ2n) is 3.57. The minimum Gasteiger partial charge on any atom is -0.434 e. The summed E-state index contributed by atoms with van der Waals surface area (Å²) in [5, 5.41) is 0. The van der Waals surface area contributed by atoms with Gasteiger partial charge in [0.05, 0.1) is 12.2 Å². The Morgan fingerprint density at radius 3 is 2.83 bits per heavy atom. The van der Waals surface area contributed by atoms with Gasteiger partial charge in [-0.1, -0.05) is 11.6 Å². The number of allylic oxidation sites excluding steroid dienone is 2. The monoisotopic (exact) mass is 164 g/mol. The predicted octanol–water partition coefficient (Wildman–Crippen LogP) is 2.03. The van der Waals surface area contributed by atoms with Crippen LogP contribution in [0.3, 0.4) is 0 Å². The molecule has 64 valence electrons. The average molecular weight is 164 g/mol. The molecule has 0 saturated heterocycles. The van der Waals surface area contributed by atoms with E-state index in [1.165, 1.54) is 5.57 Å². The molecular formula is C10H12O2. The van der Waals surface area contributed by atoms with Crippen LogP contribution in [0.1, 0.15) is 20.3 Å². The first-order valence-corrected chi connectivity index (χ1v) is 4.24. The minimum absolute atomic E-state index is 0.00926. The van der Waals surface area contributed by atoms with Gasteiger partial charge in [-0.15, -0.1) is 0 Å². The lowest BCUT2D eigenvalue weighted by molar-refractivity contribution is -0.143. The number of carbonyl (C=O) groups is 1. The normalized spacial score (nSPS) is 33.7. The van der Waals surface area contributed by atoms with Crippen molar-refractivity contribution in [2.24, 2.45) is 11.8 Å². The van der Waals surface area contributed by atoms with Gasteiger partial charge in [0, 0.05) is 5.92 Å². The molecular weight excluding hydrogens is 152 g/mol. The molecule has 12 heavy (non-hydrogen) atoms. The smallest absolute Gasteiger partial charge is 0.318 e. The van der Waals surface area contributed by atoms with Crippen molar-refractivity contribution in [1.29, 1.82) is 0 Å². The Hall–Kier alpha value is -1.05. The van der Waals surface area contributed by atoms with Crippen LogP contribution in [0.5, 0.6) is 0 Å². The lowest BCUT2D eigenvalue weighted by atomic mass is 9.85. The summed E-state index contributed by atoms with van der Waals surface area (Å²) in [6.45, 7) is 4.03. The average Bonchev–Trinajstić information content (AvgIpc) is 2.42. The maximum atomic E-state index is 11.3. The molecule has 1 heterocycles. The fourth-order valence-corrected chi connectivity index (χ4v) is 2.00. The third-order valence-corrected chi connectivity index (χ3v) is 2.79. The van der Waals surface area contributed by atoms with Crippen LogP contribution in [0.25, 0.3) is 0 Å². The van der Waals surface area contributed by atoms with E-state index in [0.29, 0.717) is 5.92 Å². The number of hydrogen-bond acceptors (Lipinski definition) is 2. The number of carbonyl (C=O) groups excluding carboxylic acids is 1. The third kappa shape index (κ3) is 0.909. The molecule has 0 aromatic carbocycles. The van der Waals surface area contributed by atoms with Crippen LogP contribution in [-0.2, 0) is 9.53 Å². The van der Waals surface area contributed by atoms with Crippen LogP contribution in [0.15, 0.2) is 23.5 Å². The summed E-state index contributed by atoms with van der Waals surface area (Å²) in [4.78, 5) is 11.3. The maximum absolute atomic E-state index is 11.3. The van der Waals surface area contributed by atoms with E-state index in [1.807, 2.05) is 13.8 Å². The number of hydrogen-bond donors (Lipinski definition) is 0. The van der Waals surface area contributed by atoms with Crippen LogP contribution in [-0.4, -0.2) is 5.97 Å². The molecule has 0 aromatic heterocycles. The number of ether oxygens (including phenoxy) is 1. The summed E-state index contributed by atoms with van der Waals surface area (Å²) in [6.07, 6.45) is 4.73. The van der Waals surface area contributed by atoms with Crippen molar-refractivity contribution in [1.82, 2.24) is 0 Å². The van der Waals surface area contributed by atoms with E-state index >= 15 is 0 Å². The molecule has 0 fully saturated rings. The fourth-order valence-electron chi connectivity index (χ4n) is 2.00. The zero-order chi connectivity index (χ0) is 8.72. The SMILES string of the molecule is CC1=CC[C@H]2C(C)=COC(=O)[C@@H]12. The van der Waals surface area contributed by atoms with Crippen molar-refractivity contribution in [2.45, 2.75) is 20.3 Å². The van der Waals surface area contributed by atoms with Gasteiger partial charge in [-0.3, -0.25) is 4.79 Å². The highest BCUT2D eigenvalue weighted by Gasteiger charge is 2.37. The number of rotatable bonds is 0. The van der Waals surface area contributed by atoms with Crippen molar-refractivity contribution in [3.63, 3.8) is 0 Å². The third-order valence-electron chi connectivity index (χ3n) is 2.79. The highest BCUT2D eigenvalue weighted by Crippen LogP contribution is 2.39. The summed E-state index contributed by atoms with van der Waals surface area (Å²) >= 11 is 0. The van der Waals surface area contributed by atoms with E-state index in [0.717, 1.165) is 12.0 Å². The lowest BCUT2D eigenvalue weighted by Crippen LogP contribution is -2.26. The van der Waals surface area contributed by atoms with Gasteiger partial charge in [0.1, 0.15) is 0 Å². The van der Waals surface area contributed by atoms with Gasteiger partial charge in [0.15, 0.2) is 0 Å². The van der Waals surface area contributed by atoms with Gasteiger partial charge < -0.3 is 4.74 Å². The molecule has 1 aliphatic heterocycles. The lowest BCUT2D eigenvalue weighted by Gasteiger charge is -2.24. The summed E-state index contributed by atoms with van der Waals surface area (Å²) < 4.78 is 4.93. The molecule has 0 N–H and O–H groups in total. The Balaban J connectivity index is 2.35. The van der Waals surface area contributed by atoms with Crippen molar-refractivity contribution < 1.29 is 9.53 Å². The molecule has 0 saturated carbocycles. The fraction of sp³-hybridized carbons (Fsp3) is 0.500. The largest absolute Gasteiger partial charge is 0.434 e. The van der Waals surface area contributed by atoms with Gasteiger partial charge in [0.25, 0.3) is 0 Å².